The predicted octanol–water partition coefficient (Wildman–Crippen LogP) is 5.16. The van der Waals surface area contributed by atoms with Crippen molar-refractivity contribution in [3.63, 3.8) is 0 Å². The van der Waals surface area contributed by atoms with Crippen LogP contribution in [0.5, 0.6) is 0 Å². The van der Waals surface area contributed by atoms with E-state index in [9.17, 15) is 8.42 Å². The van der Waals surface area contributed by atoms with E-state index >= 15 is 0 Å². The zero-order valence-corrected chi connectivity index (χ0v) is 17.6. The number of hydrogen-bond donors (Lipinski definition) is 1. The molecule has 0 atom stereocenters. The van der Waals surface area contributed by atoms with Crippen molar-refractivity contribution in [2.24, 2.45) is 0 Å². The number of anilines is 1. The number of imidazole rings is 1. The monoisotopic (exact) mass is 425 g/mol. The van der Waals surface area contributed by atoms with E-state index in [0.29, 0.717) is 17.3 Å². The van der Waals surface area contributed by atoms with E-state index in [0.717, 1.165) is 28.0 Å². The number of sulfonamides is 1. The van der Waals surface area contributed by atoms with E-state index in [1.807, 2.05) is 44.2 Å². The van der Waals surface area contributed by atoms with Crippen LogP contribution in [0.1, 0.15) is 17.0 Å². The van der Waals surface area contributed by atoms with Crippen LogP contribution in [0.15, 0.2) is 71.6 Å². The van der Waals surface area contributed by atoms with Crippen LogP contribution >= 0.6 is 11.6 Å². The molecule has 0 aliphatic carbocycles. The van der Waals surface area contributed by atoms with E-state index in [1.165, 1.54) is 0 Å². The van der Waals surface area contributed by atoms with Crippen LogP contribution < -0.4 is 4.72 Å². The van der Waals surface area contributed by atoms with E-state index in [-0.39, 0.29) is 4.90 Å². The summed E-state index contributed by atoms with van der Waals surface area (Å²) in [5.41, 5.74) is 4.00. The summed E-state index contributed by atoms with van der Waals surface area (Å²) < 4.78 is 30.1. The molecule has 0 spiro atoms. The molecule has 4 aromatic rings. The average Bonchev–Trinajstić information content (AvgIpc) is 3.03. The fourth-order valence-corrected chi connectivity index (χ4v) is 4.69. The summed E-state index contributed by atoms with van der Waals surface area (Å²) in [6.07, 6.45) is 0. The lowest BCUT2D eigenvalue weighted by molar-refractivity contribution is 0.601. The first-order chi connectivity index (χ1) is 13.9. The molecular weight excluding hydrogens is 406 g/mol. The minimum absolute atomic E-state index is 0.222. The third-order valence-electron chi connectivity index (χ3n) is 4.95. The van der Waals surface area contributed by atoms with Crippen LogP contribution in [0.3, 0.4) is 0 Å². The van der Waals surface area contributed by atoms with Gasteiger partial charge in [-0.15, -0.1) is 0 Å². The number of benzene rings is 3. The van der Waals surface area contributed by atoms with Crippen LogP contribution in [0.25, 0.3) is 11.0 Å². The molecule has 0 bridgehead atoms. The maximum absolute atomic E-state index is 12.7. The van der Waals surface area contributed by atoms with Gasteiger partial charge in [0, 0.05) is 10.6 Å². The van der Waals surface area contributed by atoms with Crippen LogP contribution in [-0.2, 0) is 16.6 Å². The van der Waals surface area contributed by atoms with Crippen LogP contribution in [0.2, 0.25) is 5.02 Å². The molecular formula is C22H20ClN3O2S. The molecule has 0 fully saturated rings. The Kier molecular flexibility index (Phi) is 5.06. The summed E-state index contributed by atoms with van der Waals surface area (Å²) >= 11 is 6.32. The van der Waals surface area contributed by atoms with Crippen molar-refractivity contribution >= 4 is 38.3 Å². The van der Waals surface area contributed by atoms with Crippen molar-refractivity contribution in [2.45, 2.75) is 25.3 Å². The van der Waals surface area contributed by atoms with Gasteiger partial charge in [-0.05, 0) is 49.7 Å². The molecule has 1 aromatic heterocycles. The lowest BCUT2D eigenvalue weighted by Gasteiger charge is -2.12. The normalized spacial score (nSPS) is 11.7. The molecule has 3 aromatic carbocycles. The number of fused-ring (bicyclic) bond motifs is 1. The van der Waals surface area contributed by atoms with Gasteiger partial charge in [0.15, 0.2) is 0 Å². The lowest BCUT2D eigenvalue weighted by atomic mass is 10.1. The van der Waals surface area contributed by atoms with Gasteiger partial charge in [-0.3, -0.25) is 4.72 Å². The largest absolute Gasteiger partial charge is 0.324 e. The summed E-state index contributed by atoms with van der Waals surface area (Å²) in [7, 11) is -3.66. The van der Waals surface area contributed by atoms with Gasteiger partial charge in [-0.25, -0.2) is 13.4 Å². The van der Waals surface area contributed by atoms with Crippen LogP contribution in [-0.4, -0.2) is 18.0 Å². The van der Waals surface area contributed by atoms with Crippen molar-refractivity contribution in [1.82, 2.24) is 9.55 Å². The highest BCUT2D eigenvalue weighted by atomic mass is 35.5. The number of rotatable bonds is 5. The quantitative estimate of drug-likeness (QED) is 0.480. The van der Waals surface area contributed by atoms with Crippen LogP contribution in [0, 0.1) is 13.8 Å². The second-order valence-corrected chi connectivity index (χ2v) is 8.95. The maximum atomic E-state index is 12.7. The Balaban J connectivity index is 1.73. The van der Waals surface area contributed by atoms with Crippen molar-refractivity contribution in [3.8, 4) is 0 Å². The van der Waals surface area contributed by atoms with Gasteiger partial charge in [-0.1, -0.05) is 48.0 Å². The maximum Gasteiger partial charge on any atom is 0.261 e. The highest BCUT2D eigenvalue weighted by Gasteiger charge is 2.18. The standard InChI is InChI=1S/C22H20ClN3O2S/c1-15-20(25-29(27,28)18-9-4-3-5-10-18)12-13-21-22(15)24-16(2)26(21)14-17-8-6-7-11-19(17)23/h3-13,25H,14H2,1-2H3. The first-order valence-electron chi connectivity index (χ1n) is 9.14. The molecule has 1 N–H and O–H groups in total. The molecule has 0 unspecified atom stereocenters. The highest BCUT2D eigenvalue weighted by molar-refractivity contribution is 7.92. The third kappa shape index (κ3) is 3.73. The van der Waals surface area contributed by atoms with Gasteiger partial charge in [0.05, 0.1) is 28.2 Å². The first kappa shape index (κ1) is 19.5. The van der Waals surface area contributed by atoms with Crippen LogP contribution in [0.4, 0.5) is 5.69 Å². The van der Waals surface area contributed by atoms with Gasteiger partial charge < -0.3 is 4.57 Å². The van der Waals surface area contributed by atoms with E-state index < -0.39 is 10.0 Å². The Morgan fingerprint density at radius 1 is 0.966 bits per heavy atom. The molecule has 1 heterocycles. The molecule has 7 heteroatoms. The number of aryl methyl sites for hydroxylation is 2. The highest BCUT2D eigenvalue weighted by Crippen LogP contribution is 2.29. The Hall–Kier alpha value is -2.83. The second kappa shape index (κ2) is 7.54. The number of halogens is 1. The van der Waals surface area contributed by atoms with Gasteiger partial charge in [0.1, 0.15) is 5.82 Å². The fourth-order valence-electron chi connectivity index (χ4n) is 3.35. The Morgan fingerprint density at radius 2 is 1.66 bits per heavy atom. The SMILES string of the molecule is Cc1c(NS(=O)(=O)c2ccccc2)ccc2c1nc(C)n2Cc1ccccc1Cl. The fraction of sp³-hybridized carbons (Fsp3) is 0.136. The number of nitrogens with one attached hydrogen (secondary N) is 1. The average molecular weight is 426 g/mol. The van der Waals surface area contributed by atoms with E-state index in [1.54, 1.807) is 36.4 Å². The number of nitrogens with zero attached hydrogens (tertiary/aromatic N) is 2. The van der Waals surface area contributed by atoms with Gasteiger partial charge in [-0.2, -0.15) is 0 Å². The van der Waals surface area contributed by atoms with E-state index in [2.05, 4.69) is 14.3 Å². The summed E-state index contributed by atoms with van der Waals surface area (Å²) in [5, 5.41) is 0.706. The molecule has 0 aliphatic rings. The van der Waals surface area contributed by atoms with Crippen molar-refractivity contribution < 1.29 is 8.42 Å². The second-order valence-electron chi connectivity index (χ2n) is 6.86. The minimum atomic E-state index is -3.66. The zero-order valence-electron chi connectivity index (χ0n) is 16.1. The molecule has 0 radical (unpaired) electrons. The molecule has 0 amide bonds. The zero-order chi connectivity index (χ0) is 20.6. The molecule has 148 valence electrons. The summed E-state index contributed by atoms with van der Waals surface area (Å²) in [6.45, 7) is 4.40. The molecule has 0 aliphatic heterocycles. The molecule has 29 heavy (non-hydrogen) atoms. The first-order valence-corrected chi connectivity index (χ1v) is 11.0. The molecule has 0 saturated carbocycles. The van der Waals surface area contributed by atoms with Crippen molar-refractivity contribution in [1.29, 1.82) is 0 Å². The smallest absolute Gasteiger partial charge is 0.261 e. The number of hydrogen-bond acceptors (Lipinski definition) is 3. The predicted molar refractivity (Wildman–Crippen MR) is 117 cm³/mol. The topological polar surface area (TPSA) is 64.0 Å². The molecule has 0 saturated heterocycles. The molecule has 4 rings (SSSR count). The lowest BCUT2D eigenvalue weighted by Crippen LogP contribution is -2.13. The summed E-state index contributed by atoms with van der Waals surface area (Å²) in [5.74, 6) is 0.839. The minimum Gasteiger partial charge on any atom is -0.324 e. The van der Waals surface area contributed by atoms with Crippen molar-refractivity contribution in [3.05, 3.63) is 88.7 Å². The van der Waals surface area contributed by atoms with Gasteiger partial charge >= 0.3 is 0 Å². The third-order valence-corrected chi connectivity index (χ3v) is 6.70. The van der Waals surface area contributed by atoms with Crippen molar-refractivity contribution in [2.75, 3.05) is 4.72 Å². The Morgan fingerprint density at radius 3 is 2.38 bits per heavy atom. The summed E-state index contributed by atoms with van der Waals surface area (Å²) in [4.78, 5) is 4.91. The van der Waals surface area contributed by atoms with Gasteiger partial charge in [0.2, 0.25) is 0 Å². The number of aromatic nitrogens is 2. The summed E-state index contributed by atoms with van der Waals surface area (Å²) in [6, 6.07) is 19.7. The van der Waals surface area contributed by atoms with E-state index in [4.69, 9.17) is 11.6 Å². The van der Waals surface area contributed by atoms with Gasteiger partial charge in [0.25, 0.3) is 10.0 Å². The Bertz CT molecular complexity index is 1300. The Labute approximate surface area is 175 Å². The molecule has 5 nitrogen and oxygen atoms in total.